The summed E-state index contributed by atoms with van der Waals surface area (Å²) in [5, 5.41) is 2.24. The van der Waals surface area contributed by atoms with E-state index in [0.29, 0.717) is 3.57 Å². The molecule has 0 bridgehead atoms. The van der Waals surface area contributed by atoms with Gasteiger partial charge < -0.3 is 9.47 Å². The fraction of sp³-hybridized carbons (Fsp3) is 0.385. The Labute approximate surface area is 130 Å². The summed E-state index contributed by atoms with van der Waals surface area (Å²) in [6.45, 7) is 5.04. The van der Waals surface area contributed by atoms with Crippen LogP contribution in [0, 0.1) is 9.39 Å². The molecule has 0 radical (unpaired) electrons. The van der Waals surface area contributed by atoms with Gasteiger partial charge >= 0.3 is 12.1 Å². The maximum atomic E-state index is 13.9. The lowest BCUT2D eigenvalue weighted by atomic mass is 10.1. The summed E-state index contributed by atoms with van der Waals surface area (Å²) in [4.78, 5) is 23.3. The molecule has 0 atom stereocenters. The molecule has 0 aromatic heterocycles. The fourth-order valence-corrected chi connectivity index (χ4v) is 1.96. The highest BCUT2D eigenvalue weighted by Gasteiger charge is 2.22. The molecule has 0 unspecified atom stereocenters. The quantitative estimate of drug-likeness (QED) is 0.615. The van der Waals surface area contributed by atoms with E-state index >= 15 is 0 Å². The molecule has 5 nitrogen and oxygen atoms in total. The van der Waals surface area contributed by atoms with Crippen LogP contribution in [0.1, 0.15) is 31.1 Å². The molecule has 0 saturated carbocycles. The summed E-state index contributed by atoms with van der Waals surface area (Å²) in [7, 11) is 1.18. The van der Waals surface area contributed by atoms with E-state index in [9.17, 15) is 14.0 Å². The molecule has 7 heteroatoms. The Bertz CT molecular complexity index is 540. The van der Waals surface area contributed by atoms with E-state index in [-0.39, 0.29) is 11.3 Å². The molecule has 1 rings (SSSR count). The van der Waals surface area contributed by atoms with Crippen molar-refractivity contribution in [2.24, 2.45) is 0 Å². The second kappa shape index (κ2) is 6.38. The van der Waals surface area contributed by atoms with Crippen LogP contribution in [0.3, 0.4) is 0 Å². The van der Waals surface area contributed by atoms with Crippen molar-refractivity contribution in [2.75, 3.05) is 12.4 Å². The predicted octanol–water partition coefficient (Wildman–Crippen LogP) is 3.56. The molecule has 0 heterocycles. The van der Waals surface area contributed by atoms with Crippen molar-refractivity contribution < 1.29 is 23.5 Å². The highest BCUT2D eigenvalue weighted by molar-refractivity contribution is 14.1. The van der Waals surface area contributed by atoms with Gasteiger partial charge in [0, 0.05) is 3.57 Å². The summed E-state index contributed by atoms with van der Waals surface area (Å²) < 4.78 is 24.0. The van der Waals surface area contributed by atoms with Crippen LogP contribution in [0.4, 0.5) is 14.9 Å². The van der Waals surface area contributed by atoms with Crippen molar-refractivity contribution >= 4 is 40.3 Å². The molecule has 1 N–H and O–H groups in total. The zero-order valence-corrected chi connectivity index (χ0v) is 13.7. The number of hydrogen-bond donors (Lipinski definition) is 1. The lowest BCUT2D eigenvalue weighted by molar-refractivity contribution is 0.0601. The second-order valence-electron chi connectivity index (χ2n) is 4.93. The van der Waals surface area contributed by atoms with Gasteiger partial charge in [-0.05, 0) is 55.5 Å². The first-order valence-electron chi connectivity index (χ1n) is 5.71. The van der Waals surface area contributed by atoms with E-state index in [1.165, 1.54) is 19.2 Å². The minimum Gasteiger partial charge on any atom is -0.465 e. The molecule has 0 aliphatic heterocycles. The van der Waals surface area contributed by atoms with Gasteiger partial charge in [0.1, 0.15) is 11.4 Å². The maximum Gasteiger partial charge on any atom is 0.412 e. The second-order valence-corrected chi connectivity index (χ2v) is 6.17. The lowest BCUT2D eigenvalue weighted by Gasteiger charge is -2.20. The summed E-state index contributed by atoms with van der Waals surface area (Å²) >= 11 is 1.86. The van der Waals surface area contributed by atoms with Crippen LogP contribution in [-0.4, -0.2) is 24.8 Å². The number of amides is 1. The SMILES string of the molecule is COC(=O)c1cc(I)cc(F)c1NC(=O)OC(C)(C)C. The first kappa shape index (κ1) is 16.7. The molecule has 0 fully saturated rings. The van der Waals surface area contributed by atoms with Crippen LogP contribution in [0.25, 0.3) is 0 Å². The normalized spacial score (nSPS) is 10.9. The Morgan fingerprint density at radius 2 is 1.90 bits per heavy atom. The van der Waals surface area contributed by atoms with Crippen LogP contribution in [-0.2, 0) is 9.47 Å². The molecular weight excluding hydrogens is 380 g/mol. The van der Waals surface area contributed by atoms with Gasteiger partial charge in [0.2, 0.25) is 0 Å². The van der Waals surface area contributed by atoms with Gasteiger partial charge in [-0.3, -0.25) is 5.32 Å². The topological polar surface area (TPSA) is 64.6 Å². The van der Waals surface area contributed by atoms with Gasteiger partial charge in [-0.25, -0.2) is 14.0 Å². The fourth-order valence-electron chi connectivity index (χ4n) is 1.38. The van der Waals surface area contributed by atoms with Crippen molar-refractivity contribution in [3.8, 4) is 0 Å². The zero-order chi connectivity index (χ0) is 15.5. The van der Waals surface area contributed by atoms with Crippen molar-refractivity contribution in [3.05, 3.63) is 27.1 Å². The third kappa shape index (κ3) is 4.62. The lowest BCUT2D eigenvalue weighted by Crippen LogP contribution is -2.28. The highest BCUT2D eigenvalue weighted by atomic mass is 127. The number of rotatable bonds is 2. The minimum atomic E-state index is -0.845. The van der Waals surface area contributed by atoms with Crippen LogP contribution in [0.5, 0.6) is 0 Å². The molecule has 1 aromatic rings. The first-order valence-corrected chi connectivity index (χ1v) is 6.79. The third-order valence-electron chi connectivity index (χ3n) is 2.09. The molecule has 0 saturated heterocycles. The Hall–Kier alpha value is -1.38. The number of halogens is 2. The molecule has 20 heavy (non-hydrogen) atoms. The van der Waals surface area contributed by atoms with E-state index in [2.05, 4.69) is 10.1 Å². The maximum absolute atomic E-state index is 13.9. The molecule has 0 aliphatic carbocycles. The Kier molecular flexibility index (Phi) is 5.32. The monoisotopic (exact) mass is 395 g/mol. The Morgan fingerprint density at radius 3 is 2.40 bits per heavy atom. The predicted molar refractivity (Wildman–Crippen MR) is 80.3 cm³/mol. The van der Waals surface area contributed by atoms with E-state index in [4.69, 9.17) is 4.74 Å². The van der Waals surface area contributed by atoms with Crippen LogP contribution in [0.15, 0.2) is 12.1 Å². The Balaban J connectivity index is 3.11. The number of ether oxygens (including phenoxy) is 2. The average molecular weight is 395 g/mol. The van der Waals surface area contributed by atoms with Crippen molar-refractivity contribution in [2.45, 2.75) is 26.4 Å². The zero-order valence-electron chi connectivity index (χ0n) is 11.5. The number of benzene rings is 1. The van der Waals surface area contributed by atoms with E-state index < -0.39 is 23.5 Å². The van der Waals surface area contributed by atoms with Crippen LogP contribution in [0.2, 0.25) is 0 Å². The summed E-state index contributed by atoms with van der Waals surface area (Å²) in [5.74, 6) is -1.48. The smallest absolute Gasteiger partial charge is 0.412 e. The van der Waals surface area contributed by atoms with Crippen LogP contribution < -0.4 is 5.32 Å². The standard InChI is InChI=1S/C13H15FINO4/c1-13(2,3)20-12(18)16-10-8(11(17)19-4)5-7(15)6-9(10)14/h5-6H,1-4H3,(H,16,18). The molecule has 110 valence electrons. The summed E-state index contributed by atoms with van der Waals surface area (Å²) in [6.07, 6.45) is -0.845. The number of carbonyl (C=O) groups is 2. The van der Waals surface area contributed by atoms with E-state index in [1.807, 2.05) is 22.6 Å². The number of methoxy groups -OCH3 is 1. The molecular formula is C13H15FINO4. The number of esters is 1. The van der Waals surface area contributed by atoms with Crippen molar-refractivity contribution in [3.63, 3.8) is 0 Å². The first-order chi connectivity index (χ1) is 9.14. The minimum absolute atomic E-state index is 0.0669. The number of carbonyl (C=O) groups excluding carboxylic acids is 2. The number of nitrogens with one attached hydrogen (secondary N) is 1. The van der Waals surface area contributed by atoms with Crippen LogP contribution >= 0.6 is 22.6 Å². The van der Waals surface area contributed by atoms with Gasteiger partial charge in [0.25, 0.3) is 0 Å². The summed E-state index contributed by atoms with van der Waals surface area (Å²) in [5.41, 5.74) is -1.05. The van der Waals surface area contributed by atoms with Gasteiger partial charge in [0.15, 0.2) is 0 Å². The number of anilines is 1. The average Bonchev–Trinajstić information content (AvgIpc) is 2.29. The highest BCUT2D eigenvalue weighted by Crippen LogP contribution is 2.24. The molecule has 0 spiro atoms. The largest absolute Gasteiger partial charge is 0.465 e. The van der Waals surface area contributed by atoms with Gasteiger partial charge in [0.05, 0.1) is 18.4 Å². The van der Waals surface area contributed by atoms with E-state index in [0.717, 1.165) is 0 Å². The van der Waals surface area contributed by atoms with Crippen molar-refractivity contribution in [1.82, 2.24) is 0 Å². The summed E-state index contributed by atoms with van der Waals surface area (Å²) in [6, 6.07) is 2.61. The van der Waals surface area contributed by atoms with Gasteiger partial charge in [-0.1, -0.05) is 0 Å². The Morgan fingerprint density at radius 1 is 1.30 bits per heavy atom. The molecule has 1 amide bonds. The van der Waals surface area contributed by atoms with Gasteiger partial charge in [-0.2, -0.15) is 0 Å². The molecule has 1 aromatic carbocycles. The number of hydrogen-bond acceptors (Lipinski definition) is 4. The van der Waals surface area contributed by atoms with Crippen molar-refractivity contribution in [1.29, 1.82) is 0 Å². The van der Waals surface area contributed by atoms with E-state index in [1.54, 1.807) is 20.8 Å². The molecule has 0 aliphatic rings. The third-order valence-corrected chi connectivity index (χ3v) is 2.71. The van der Waals surface area contributed by atoms with Gasteiger partial charge in [-0.15, -0.1) is 0 Å².